The van der Waals surface area contributed by atoms with Gasteiger partial charge in [-0.3, -0.25) is 0 Å². The van der Waals surface area contributed by atoms with E-state index in [2.05, 4.69) is 0 Å². The molecule has 0 unspecified atom stereocenters. The number of alkyl halides is 3. The summed E-state index contributed by atoms with van der Waals surface area (Å²) in [6.07, 6.45) is -4.38. The fourth-order valence-corrected chi connectivity index (χ4v) is 1.48. The van der Waals surface area contributed by atoms with Crippen molar-refractivity contribution in [1.29, 1.82) is 0 Å². The molecule has 4 nitrogen and oxygen atoms in total. The van der Waals surface area contributed by atoms with Crippen LogP contribution in [0.3, 0.4) is 0 Å². The third kappa shape index (κ3) is 4.26. The van der Waals surface area contributed by atoms with Crippen molar-refractivity contribution in [1.82, 2.24) is 10.2 Å². The van der Waals surface area contributed by atoms with Crippen LogP contribution in [0.4, 0.5) is 18.0 Å². The van der Waals surface area contributed by atoms with Gasteiger partial charge in [0.2, 0.25) is 0 Å². The van der Waals surface area contributed by atoms with Gasteiger partial charge in [-0.1, -0.05) is 0 Å². The number of hydrogen-bond acceptors (Lipinski definition) is 2. The molecular formula is C9H15F3N2O2. The number of carbonyl (C=O) groups excluding carboxylic acids is 1. The van der Waals surface area contributed by atoms with Crippen molar-refractivity contribution in [3.05, 3.63) is 0 Å². The molecule has 0 aliphatic carbocycles. The fourth-order valence-electron chi connectivity index (χ4n) is 1.48. The van der Waals surface area contributed by atoms with Crippen molar-refractivity contribution in [2.24, 2.45) is 0 Å². The molecule has 94 valence electrons. The summed E-state index contributed by atoms with van der Waals surface area (Å²) < 4.78 is 41.0. The van der Waals surface area contributed by atoms with Gasteiger partial charge in [-0.15, -0.1) is 0 Å². The molecule has 16 heavy (non-hydrogen) atoms. The van der Waals surface area contributed by atoms with Crippen LogP contribution in [0.5, 0.6) is 0 Å². The first-order valence-electron chi connectivity index (χ1n) is 4.93. The number of morpholine rings is 1. The Morgan fingerprint density at radius 1 is 1.50 bits per heavy atom. The molecule has 2 amide bonds. The molecule has 1 heterocycles. The molecule has 1 aliphatic heterocycles. The topological polar surface area (TPSA) is 41.6 Å². The van der Waals surface area contributed by atoms with Gasteiger partial charge < -0.3 is 15.0 Å². The molecule has 1 rings (SSSR count). The fraction of sp³-hybridized carbons (Fsp3) is 0.889. The van der Waals surface area contributed by atoms with Gasteiger partial charge >= 0.3 is 12.2 Å². The summed E-state index contributed by atoms with van der Waals surface area (Å²) in [5.41, 5.74) is -0.506. The Kier molecular flexibility index (Phi) is 3.67. The summed E-state index contributed by atoms with van der Waals surface area (Å²) in [6, 6.07) is -0.700. The molecule has 1 saturated heterocycles. The van der Waals surface area contributed by atoms with E-state index in [-0.39, 0.29) is 6.54 Å². The summed E-state index contributed by atoms with van der Waals surface area (Å²) in [5, 5.41) is 1.84. The number of nitrogens with zero attached hydrogens (tertiary/aromatic N) is 1. The van der Waals surface area contributed by atoms with Crippen LogP contribution in [0.2, 0.25) is 0 Å². The van der Waals surface area contributed by atoms with Crippen LogP contribution in [-0.4, -0.2) is 48.9 Å². The minimum absolute atomic E-state index is 0.288. The average molecular weight is 240 g/mol. The van der Waals surface area contributed by atoms with Crippen molar-refractivity contribution in [2.45, 2.75) is 25.6 Å². The number of rotatable bonds is 1. The van der Waals surface area contributed by atoms with Gasteiger partial charge in [0.05, 0.1) is 18.8 Å². The van der Waals surface area contributed by atoms with E-state index in [9.17, 15) is 18.0 Å². The standard InChI is InChI=1S/C9H15F3N2O2/c1-8(2)6-14(3-4-16-8)7(15)13-5-9(10,11)12/h3-6H2,1-2H3,(H,13,15). The molecule has 0 bridgehead atoms. The second-order valence-electron chi connectivity index (χ2n) is 4.30. The Morgan fingerprint density at radius 3 is 2.62 bits per heavy atom. The molecule has 7 heteroatoms. The molecule has 0 atom stereocenters. The van der Waals surface area contributed by atoms with Gasteiger partial charge in [-0.05, 0) is 13.8 Å². The lowest BCUT2D eigenvalue weighted by Gasteiger charge is -2.38. The summed E-state index contributed by atoms with van der Waals surface area (Å²) in [6.45, 7) is 3.21. The number of hydrogen-bond donors (Lipinski definition) is 1. The van der Waals surface area contributed by atoms with Gasteiger partial charge in [-0.25, -0.2) is 4.79 Å². The highest BCUT2D eigenvalue weighted by Crippen LogP contribution is 2.17. The number of urea groups is 1. The molecule has 1 fully saturated rings. The zero-order valence-corrected chi connectivity index (χ0v) is 9.23. The summed E-state index contributed by atoms with van der Waals surface area (Å²) in [7, 11) is 0. The number of amides is 2. The molecule has 0 aromatic rings. The smallest absolute Gasteiger partial charge is 0.372 e. The zero-order valence-electron chi connectivity index (χ0n) is 9.23. The zero-order chi connectivity index (χ0) is 12.4. The summed E-state index contributed by atoms with van der Waals surface area (Å²) >= 11 is 0. The van der Waals surface area contributed by atoms with Gasteiger partial charge in [0.1, 0.15) is 6.54 Å². The predicted octanol–water partition coefficient (Wildman–Crippen LogP) is 1.37. The Bertz CT molecular complexity index is 266. The number of ether oxygens (including phenoxy) is 1. The van der Waals surface area contributed by atoms with Crippen LogP contribution in [0.15, 0.2) is 0 Å². The van der Waals surface area contributed by atoms with Crippen LogP contribution >= 0.6 is 0 Å². The van der Waals surface area contributed by atoms with E-state index in [0.29, 0.717) is 13.2 Å². The number of carbonyl (C=O) groups is 1. The van der Waals surface area contributed by atoms with Crippen molar-refractivity contribution in [3.63, 3.8) is 0 Å². The molecule has 0 aromatic carbocycles. The minimum atomic E-state index is -4.38. The van der Waals surface area contributed by atoms with Crippen molar-refractivity contribution < 1.29 is 22.7 Å². The third-order valence-electron chi connectivity index (χ3n) is 2.15. The first-order chi connectivity index (χ1) is 7.20. The van der Waals surface area contributed by atoms with Gasteiger partial charge in [-0.2, -0.15) is 13.2 Å². The maximum atomic E-state index is 11.9. The number of nitrogens with one attached hydrogen (secondary N) is 1. The Balaban J connectivity index is 2.42. The van der Waals surface area contributed by atoms with Crippen LogP contribution in [0, 0.1) is 0 Å². The Hall–Kier alpha value is -0.980. The summed E-state index contributed by atoms with van der Waals surface area (Å²) in [4.78, 5) is 12.7. The van der Waals surface area contributed by atoms with Crippen molar-refractivity contribution in [3.8, 4) is 0 Å². The van der Waals surface area contributed by atoms with Crippen LogP contribution in [0.1, 0.15) is 13.8 Å². The highest BCUT2D eigenvalue weighted by atomic mass is 19.4. The molecular weight excluding hydrogens is 225 g/mol. The lowest BCUT2D eigenvalue weighted by Crippen LogP contribution is -2.54. The van der Waals surface area contributed by atoms with E-state index in [1.165, 1.54) is 4.90 Å². The SMILES string of the molecule is CC1(C)CN(C(=O)NCC(F)(F)F)CCO1. The van der Waals surface area contributed by atoms with E-state index in [0.717, 1.165) is 0 Å². The van der Waals surface area contributed by atoms with Crippen molar-refractivity contribution >= 4 is 6.03 Å². The Labute approximate surface area is 91.7 Å². The van der Waals surface area contributed by atoms with Crippen LogP contribution in [0.25, 0.3) is 0 Å². The Morgan fingerprint density at radius 2 is 2.12 bits per heavy atom. The molecule has 0 radical (unpaired) electrons. The monoisotopic (exact) mass is 240 g/mol. The minimum Gasteiger partial charge on any atom is -0.372 e. The van der Waals surface area contributed by atoms with Gasteiger partial charge in [0.25, 0.3) is 0 Å². The third-order valence-corrected chi connectivity index (χ3v) is 2.15. The molecule has 1 N–H and O–H groups in total. The quantitative estimate of drug-likeness (QED) is 0.752. The summed E-state index contributed by atoms with van der Waals surface area (Å²) in [5.74, 6) is 0. The molecule has 0 aromatic heterocycles. The average Bonchev–Trinajstić information content (AvgIpc) is 2.11. The maximum Gasteiger partial charge on any atom is 0.405 e. The molecule has 0 spiro atoms. The maximum absolute atomic E-state index is 11.9. The lowest BCUT2D eigenvalue weighted by molar-refractivity contribution is -0.124. The van der Waals surface area contributed by atoms with Crippen molar-refractivity contribution in [2.75, 3.05) is 26.2 Å². The largest absolute Gasteiger partial charge is 0.405 e. The van der Waals surface area contributed by atoms with E-state index < -0.39 is 24.4 Å². The number of halogens is 3. The van der Waals surface area contributed by atoms with Gasteiger partial charge in [0, 0.05) is 6.54 Å². The predicted molar refractivity (Wildman–Crippen MR) is 51.1 cm³/mol. The molecule has 1 aliphatic rings. The van der Waals surface area contributed by atoms with Crippen LogP contribution in [-0.2, 0) is 4.74 Å². The highest BCUT2D eigenvalue weighted by molar-refractivity contribution is 5.74. The highest BCUT2D eigenvalue weighted by Gasteiger charge is 2.32. The second kappa shape index (κ2) is 4.48. The molecule has 0 saturated carbocycles. The van der Waals surface area contributed by atoms with Crippen LogP contribution < -0.4 is 5.32 Å². The normalized spacial score (nSPS) is 20.7. The van der Waals surface area contributed by atoms with E-state index in [4.69, 9.17) is 4.74 Å². The second-order valence-corrected chi connectivity index (χ2v) is 4.30. The first-order valence-corrected chi connectivity index (χ1v) is 4.93. The first kappa shape index (κ1) is 13.1. The van der Waals surface area contributed by atoms with E-state index >= 15 is 0 Å². The van der Waals surface area contributed by atoms with Gasteiger partial charge in [0.15, 0.2) is 0 Å². The van der Waals surface area contributed by atoms with E-state index in [1.54, 1.807) is 13.8 Å². The lowest BCUT2D eigenvalue weighted by atomic mass is 10.1. The van der Waals surface area contributed by atoms with E-state index in [1.807, 2.05) is 5.32 Å².